The minimum atomic E-state index is -0.971. The minimum Gasteiger partial charge on any atom is -0.311 e. The number of rotatable bonds is 2. The highest BCUT2D eigenvalue weighted by Crippen LogP contribution is 2.41. The van der Waals surface area contributed by atoms with E-state index in [2.05, 4.69) is 10.1 Å². The molecule has 1 unspecified atom stereocenters. The number of hydrogen-bond acceptors (Lipinski definition) is 6. The maximum atomic E-state index is 6.03. The van der Waals surface area contributed by atoms with Gasteiger partial charge in [-0.1, -0.05) is 26.2 Å². The van der Waals surface area contributed by atoms with Crippen LogP contribution in [0.15, 0.2) is 0 Å². The molecule has 4 N–H and O–H groups in total. The molecule has 0 radical (unpaired) electrons. The second-order valence-corrected chi connectivity index (χ2v) is 4.79. The molecule has 1 spiro atoms. The van der Waals surface area contributed by atoms with Crippen molar-refractivity contribution in [1.29, 1.82) is 0 Å². The van der Waals surface area contributed by atoms with Crippen LogP contribution in [0.4, 0.5) is 0 Å². The van der Waals surface area contributed by atoms with E-state index >= 15 is 0 Å². The van der Waals surface area contributed by atoms with Gasteiger partial charge in [-0.15, -0.1) is 0 Å². The maximum absolute atomic E-state index is 6.03. The van der Waals surface area contributed by atoms with Gasteiger partial charge in [-0.2, -0.15) is 9.78 Å². The Morgan fingerprint density at radius 2 is 1.88 bits per heavy atom. The molecular formula is C10H20N2O4. The Kier molecular flexibility index (Phi) is 3.48. The van der Waals surface area contributed by atoms with Gasteiger partial charge in [0.25, 0.3) is 0 Å². The van der Waals surface area contributed by atoms with Crippen molar-refractivity contribution in [2.24, 2.45) is 11.5 Å². The topological polar surface area (TPSA) is 89.0 Å². The largest absolute Gasteiger partial charge is 0.311 e. The third-order valence-electron chi connectivity index (χ3n) is 3.64. The fraction of sp³-hybridized carbons (Fsp3) is 1.00. The van der Waals surface area contributed by atoms with Gasteiger partial charge < -0.3 is 11.5 Å². The summed E-state index contributed by atoms with van der Waals surface area (Å²) in [6.45, 7) is 1.91. The molecule has 94 valence electrons. The van der Waals surface area contributed by atoms with Gasteiger partial charge in [0.15, 0.2) is 6.10 Å². The summed E-state index contributed by atoms with van der Waals surface area (Å²) < 4.78 is 0. The Morgan fingerprint density at radius 3 is 2.50 bits per heavy atom. The molecule has 1 heterocycles. The first-order valence-electron chi connectivity index (χ1n) is 5.86. The van der Waals surface area contributed by atoms with Crippen LogP contribution in [0.5, 0.6) is 0 Å². The summed E-state index contributed by atoms with van der Waals surface area (Å²) in [4.78, 5) is 10.4. The van der Waals surface area contributed by atoms with Crippen molar-refractivity contribution in [2.45, 2.75) is 62.8 Å². The molecule has 1 saturated carbocycles. The second kappa shape index (κ2) is 4.56. The van der Waals surface area contributed by atoms with Crippen molar-refractivity contribution in [3.05, 3.63) is 0 Å². The van der Waals surface area contributed by atoms with Crippen LogP contribution in [0.1, 0.15) is 45.4 Å². The van der Waals surface area contributed by atoms with Crippen molar-refractivity contribution < 1.29 is 19.9 Å². The Hall–Kier alpha value is -0.240. The quantitative estimate of drug-likeness (QED) is 0.543. The summed E-state index contributed by atoms with van der Waals surface area (Å²) in [5, 5.41) is 8.91. The van der Waals surface area contributed by atoms with Crippen LogP contribution in [-0.4, -0.2) is 17.4 Å². The molecule has 6 nitrogen and oxygen atoms in total. The summed E-state index contributed by atoms with van der Waals surface area (Å²) in [7, 11) is 0. The van der Waals surface area contributed by atoms with E-state index < -0.39 is 17.4 Å². The van der Waals surface area contributed by atoms with Gasteiger partial charge in [0.1, 0.15) is 5.60 Å². The van der Waals surface area contributed by atoms with Crippen molar-refractivity contribution >= 4 is 0 Å². The molecule has 0 aromatic heterocycles. The highest BCUT2D eigenvalue weighted by Gasteiger charge is 2.54. The first-order chi connectivity index (χ1) is 7.61. The average Bonchev–Trinajstić information content (AvgIpc) is 2.30. The molecule has 1 saturated heterocycles. The van der Waals surface area contributed by atoms with E-state index in [1.165, 1.54) is 6.42 Å². The lowest BCUT2D eigenvalue weighted by atomic mass is 9.76. The SMILES string of the molecule is CCC(N)(N)C1OOOOC12CCCCC2. The lowest BCUT2D eigenvalue weighted by Gasteiger charge is -2.47. The highest BCUT2D eigenvalue weighted by molar-refractivity contribution is 5.01. The standard InChI is InChI=1S/C10H20N2O4/c1-2-10(11,12)8-9(14-16-15-13-8)6-4-3-5-7-9/h8H,2-7,11-12H2,1H3. The van der Waals surface area contributed by atoms with E-state index in [9.17, 15) is 0 Å². The lowest BCUT2D eigenvalue weighted by molar-refractivity contribution is -0.708. The van der Waals surface area contributed by atoms with E-state index in [1.54, 1.807) is 0 Å². The smallest absolute Gasteiger partial charge is 0.159 e. The molecule has 6 heteroatoms. The molecule has 1 aliphatic carbocycles. The summed E-state index contributed by atoms with van der Waals surface area (Å²) in [5.74, 6) is 0. The second-order valence-electron chi connectivity index (χ2n) is 4.79. The molecule has 2 fully saturated rings. The Balaban J connectivity index is 2.18. The van der Waals surface area contributed by atoms with Gasteiger partial charge in [0.2, 0.25) is 0 Å². The first-order valence-corrected chi connectivity index (χ1v) is 5.86. The van der Waals surface area contributed by atoms with Crippen molar-refractivity contribution in [1.82, 2.24) is 0 Å². The lowest BCUT2D eigenvalue weighted by Crippen LogP contribution is -2.69. The maximum Gasteiger partial charge on any atom is 0.159 e. The Labute approximate surface area is 94.9 Å². The van der Waals surface area contributed by atoms with E-state index in [0.717, 1.165) is 25.7 Å². The van der Waals surface area contributed by atoms with Crippen LogP contribution in [-0.2, 0) is 19.9 Å². The zero-order valence-electron chi connectivity index (χ0n) is 9.61. The predicted molar refractivity (Wildman–Crippen MR) is 55.3 cm³/mol. The molecule has 2 aliphatic rings. The summed E-state index contributed by atoms with van der Waals surface area (Å²) in [6, 6.07) is 0. The zero-order valence-corrected chi connectivity index (χ0v) is 9.61. The van der Waals surface area contributed by atoms with Gasteiger partial charge in [-0.05, 0) is 29.3 Å². The third kappa shape index (κ3) is 2.09. The number of hydrogen-bond donors (Lipinski definition) is 2. The molecule has 0 aromatic rings. The minimum absolute atomic E-state index is 0.501. The van der Waals surface area contributed by atoms with Gasteiger partial charge in [0, 0.05) is 0 Å². The van der Waals surface area contributed by atoms with Gasteiger partial charge >= 0.3 is 0 Å². The summed E-state index contributed by atoms with van der Waals surface area (Å²) >= 11 is 0. The van der Waals surface area contributed by atoms with Gasteiger partial charge in [0.05, 0.1) is 5.66 Å². The summed E-state index contributed by atoms with van der Waals surface area (Å²) in [5.41, 5.74) is 10.5. The predicted octanol–water partition coefficient (Wildman–Crippen LogP) is 0.907. The first kappa shape index (κ1) is 12.2. The van der Waals surface area contributed by atoms with Crippen molar-refractivity contribution in [3.8, 4) is 0 Å². The molecule has 0 amide bonds. The average molecular weight is 232 g/mol. The van der Waals surface area contributed by atoms with E-state index in [1.807, 2.05) is 6.92 Å². The molecule has 0 bridgehead atoms. The molecule has 2 rings (SSSR count). The molecule has 1 aliphatic heterocycles. The highest BCUT2D eigenvalue weighted by atomic mass is 17.7. The fourth-order valence-corrected chi connectivity index (χ4v) is 2.53. The Morgan fingerprint density at radius 1 is 1.19 bits per heavy atom. The molecular weight excluding hydrogens is 212 g/mol. The Bertz CT molecular complexity index is 233. The summed E-state index contributed by atoms with van der Waals surface area (Å²) in [6.07, 6.45) is 5.04. The van der Waals surface area contributed by atoms with E-state index in [0.29, 0.717) is 6.42 Å². The van der Waals surface area contributed by atoms with Crippen LogP contribution < -0.4 is 11.5 Å². The van der Waals surface area contributed by atoms with Crippen LogP contribution in [0.2, 0.25) is 0 Å². The third-order valence-corrected chi connectivity index (χ3v) is 3.64. The fourth-order valence-electron chi connectivity index (χ4n) is 2.53. The van der Waals surface area contributed by atoms with Crippen molar-refractivity contribution in [2.75, 3.05) is 0 Å². The van der Waals surface area contributed by atoms with Crippen LogP contribution in [0, 0.1) is 0 Å². The van der Waals surface area contributed by atoms with Crippen LogP contribution >= 0.6 is 0 Å². The molecule has 1 atom stereocenters. The van der Waals surface area contributed by atoms with E-state index in [4.69, 9.17) is 21.2 Å². The monoisotopic (exact) mass is 232 g/mol. The zero-order chi connectivity index (χ0) is 11.6. The van der Waals surface area contributed by atoms with Crippen LogP contribution in [0.25, 0.3) is 0 Å². The normalized spacial score (nSPS) is 30.6. The van der Waals surface area contributed by atoms with Crippen molar-refractivity contribution in [3.63, 3.8) is 0 Å². The van der Waals surface area contributed by atoms with Gasteiger partial charge in [-0.3, -0.25) is 0 Å². The van der Waals surface area contributed by atoms with E-state index in [-0.39, 0.29) is 0 Å². The molecule has 16 heavy (non-hydrogen) atoms. The number of nitrogens with two attached hydrogens (primary N) is 2. The van der Waals surface area contributed by atoms with Gasteiger partial charge in [-0.25, -0.2) is 0 Å². The molecule has 0 aromatic carbocycles. The van der Waals surface area contributed by atoms with Crippen LogP contribution in [0.3, 0.4) is 0 Å².